The van der Waals surface area contributed by atoms with Gasteiger partial charge in [-0.05, 0) is 45.4 Å². The largest absolute Gasteiger partial charge is 0.444 e. The highest BCUT2D eigenvalue weighted by atomic mass is 32.2. The van der Waals surface area contributed by atoms with Crippen molar-refractivity contribution < 1.29 is 14.3 Å². The van der Waals surface area contributed by atoms with Crippen molar-refractivity contribution in [2.75, 3.05) is 16.9 Å². The maximum absolute atomic E-state index is 12.4. The van der Waals surface area contributed by atoms with Gasteiger partial charge in [-0.25, -0.2) is 4.79 Å². The van der Waals surface area contributed by atoms with Gasteiger partial charge in [0.2, 0.25) is 5.91 Å². The molecule has 0 radical (unpaired) electrons. The molecular formula is C16H22N2O3S. The maximum atomic E-state index is 12.4. The molecule has 5 nitrogen and oxygen atoms in total. The number of hydrogen-bond donors (Lipinski definition) is 1. The van der Waals surface area contributed by atoms with Gasteiger partial charge in [0.1, 0.15) is 11.6 Å². The highest BCUT2D eigenvalue weighted by Crippen LogP contribution is 2.24. The molecule has 2 amide bonds. The average Bonchev–Trinajstić information content (AvgIpc) is 2.85. The van der Waals surface area contributed by atoms with E-state index in [0.29, 0.717) is 11.6 Å². The van der Waals surface area contributed by atoms with Crippen LogP contribution in [0.4, 0.5) is 10.5 Å². The number of amides is 2. The fraction of sp³-hybridized carbons (Fsp3) is 0.500. The number of nitrogens with zero attached hydrogens (tertiary/aromatic N) is 1. The summed E-state index contributed by atoms with van der Waals surface area (Å²) in [6, 6.07) is 7.09. The van der Waals surface area contributed by atoms with Gasteiger partial charge in [-0.15, -0.1) is 11.8 Å². The third-order valence-corrected chi connectivity index (χ3v) is 4.11. The van der Waals surface area contributed by atoms with Crippen LogP contribution in [-0.4, -0.2) is 40.2 Å². The molecule has 0 saturated carbocycles. The molecule has 0 spiro atoms. The van der Waals surface area contributed by atoms with E-state index < -0.39 is 17.7 Å². The summed E-state index contributed by atoms with van der Waals surface area (Å²) in [5.41, 5.74) is 1.25. The number of rotatable bonds is 2. The summed E-state index contributed by atoms with van der Waals surface area (Å²) in [6.45, 7) is 7.41. The summed E-state index contributed by atoms with van der Waals surface area (Å²) in [5, 5.41) is 2.87. The van der Waals surface area contributed by atoms with Crippen LogP contribution < -0.4 is 5.32 Å². The molecule has 1 heterocycles. The zero-order valence-electron chi connectivity index (χ0n) is 13.4. The van der Waals surface area contributed by atoms with Crippen LogP contribution >= 0.6 is 11.8 Å². The van der Waals surface area contributed by atoms with Crippen LogP contribution in [-0.2, 0) is 9.53 Å². The van der Waals surface area contributed by atoms with Gasteiger partial charge >= 0.3 is 6.09 Å². The molecule has 1 N–H and O–H groups in total. The molecule has 1 fully saturated rings. The van der Waals surface area contributed by atoms with E-state index in [1.807, 2.05) is 52.0 Å². The van der Waals surface area contributed by atoms with E-state index in [1.165, 1.54) is 4.90 Å². The van der Waals surface area contributed by atoms with Crippen LogP contribution in [0.3, 0.4) is 0 Å². The van der Waals surface area contributed by atoms with Crippen molar-refractivity contribution in [1.82, 2.24) is 4.90 Å². The Morgan fingerprint density at radius 1 is 1.36 bits per heavy atom. The van der Waals surface area contributed by atoms with Crippen molar-refractivity contribution in [1.29, 1.82) is 0 Å². The van der Waals surface area contributed by atoms with Gasteiger partial charge in [-0.1, -0.05) is 12.1 Å². The highest BCUT2D eigenvalue weighted by Gasteiger charge is 2.37. The van der Waals surface area contributed by atoms with Gasteiger partial charge in [0.15, 0.2) is 0 Å². The van der Waals surface area contributed by atoms with Crippen LogP contribution in [0, 0.1) is 6.92 Å². The summed E-state index contributed by atoms with van der Waals surface area (Å²) >= 11 is 1.55. The molecule has 1 aromatic rings. The molecule has 6 heteroatoms. The van der Waals surface area contributed by atoms with Gasteiger partial charge in [-0.2, -0.15) is 0 Å². The van der Waals surface area contributed by atoms with Crippen LogP contribution in [0.1, 0.15) is 26.3 Å². The molecule has 0 unspecified atom stereocenters. The number of hydrogen-bond acceptors (Lipinski definition) is 4. The average molecular weight is 322 g/mol. The first-order valence-electron chi connectivity index (χ1n) is 7.21. The maximum Gasteiger partial charge on any atom is 0.411 e. The van der Waals surface area contributed by atoms with E-state index in [0.717, 1.165) is 11.3 Å². The Hall–Kier alpha value is -1.69. The fourth-order valence-electron chi connectivity index (χ4n) is 2.11. The van der Waals surface area contributed by atoms with Crippen LogP contribution in [0.2, 0.25) is 0 Å². The molecule has 1 atom stereocenters. The van der Waals surface area contributed by atoms with Crippen molar-refractivity contribution in [3.8, 4) is 0 Å². The highest BCUT2D eigenvalue weighted by molar-refractivity contribution is 7.99. The number of nitrogens with one attached hydrogen (secondary N) is 1. The van der Waals surface area contributed by atoms with Crippen LogP contribution in [0.15, 0.2) is 24.3 Å². The van der Waals surface area contributed by atoms with Gasteiger partial charge in [-0.3, -0.25) is 9.69 Å². The molecule has 0 aromatic heterocycles. The second kappa shape index (κ2) is 6.60. The Morgan fingerprint density at radius 2 is 2.09 bits per heavy atom. The monoisotopic (exact) mass is 322 g/mol. The first-order valence-corrected chi connectivity index (χ1v) is 8.36. The lowest BCUT2D eigenvalue weighted by Gasteiger charge is -2.27. The van der Waals surface area contributed by atoms with Gasteiger partial charge in [0, 0.05) is 11.4 Å². The summed E-state index contributed by atoms with van der Waals surface area (Å²) in [4.78, 5) is 26.1. The summed E-state index contributed by atoms with van der Waals surface area (Å²) in [7, 11) is 0. The molecule has 22 heavy (non-hydrogen) atoms. The topological polar surface area (TPSA) is 58.6 Å². The predicted molar refractivity (Wildman–Crippen MR) is 89.0 cm³/mol. The Bertz CT molecular complexity index is 569. The first kappa shape index (κ1) is 16.7. The van der Waals surface area contributed by atoms with E-state index in [1.54, 1.807) is 11.8 Å². The first-order chi connectivity index (χ1) is 10.3. The Labute approximate surface area is 135 Å². The van der Waals surface area contributed by atoms with E-state index in [4.69, 9.17) is 4.74 Å². The number of carbonyl (C=O) groups is 2. The Morgan fingerprint density at radius 3 is 2.73 bits per heavy atom. The number of ether oxygens (including phenoxy) is 1. The van der Waals surface area contributed by atoms with Crippen molar-refractivity contribution in [2.45, 2.75) is 39.3 Å². The molecule has 120 valence electrons. The third-order valence-electron chi connectivity index (χ3n) is 3.10. The minimum Gasteiger partial charge on any atom is -0.444 e. The number of thioether (sulfide) groups is 1. The van der Waals surface area contributed by atoms with Gasteiger partial charge in [0.05, 0.1) is 5.88 Å². The summed E-state index contributed by atoms with van der Waals surface area (Å²) < 4.78 is 5.37. The molecule has 0 bridgehead atoms. The summed E-state index contributed by atoms with van der Waals surface area (Å²) in [6.07, 6.45) is -0.443. The normalized spacial score (nSPS) is 18.2. The van der Waals surface area contributed by atoms with Crippen molar-refractivity contribution >= 4 is 29.4 Å². The van der Waals surface area contributed by atoms with E-state index in [2.05, 4.69) is 5.32 Å². The van der Waals surface area contributed by atoms with Crippen LogP contribution in [0.25, 0.3) is 0 Å². The zero-order valence-corrected chi connectivity index (χ0v) is 14.2. The molecule has 2 rings (SSSR count). The second-order valence-corrected chi connectivity index (χ2v) is 7.32. The van der Waals surface area contributed by atoms with Crippen molar-refractivity contribution in [2.24, 2.45) is 0 Å². The molecular weight excluding hydrogens is 300 g/mol. The smallest absolute Gasteiger partial charge is 0.411 e. The number of benzene rings is 1. The van der Waals surface area contributed by atoms with Crippen molar-refractivity contribution in [3.05, 3.63) is 29.8 Å². The molecule has 1 aliphatic rings. The zero-order chi connectivity index (χ0) is 16.3. The lowest BCUT2D eigenvalue weighted by atomic mass is 10.2. The third kappa shape index (κ3) is 4.40. The molecule has 1 saturated heterocycles. The van der Waals surface area contributed by atoms with Gasteiger partial charge in [0.25, 0.3) is 0 Å². The van der Waals surface area contributed by atoms with E-state index in [-0.39, 0.29) is 5.91 Å². The standard InChI is InChI=1S/C16H22N2O3S/c1-11-6-5-7-12(8-11)17-14(19)13-9-22-10-18(13)15(20)21-16(2,3)4/h5-8,13H,9-10H2,1-4H3,(H,17,19)/t13-/m0/s1. The minimum absolute atomic E-state index is 0.179. The second-order valence-electron chi connectivity index (χ2n) is 6.32. The fourth-order valence-corrected chi connectivity index (χ4v) is 3.25. The minimum atomic E-state index is -0.568. The summed E-state index contributed by atoms with van der Waals surface area (Å²) in [5.74, 6) is 0.874. The van der Waals surface area contributed by atoms with E-state index in [9.17, 15) is 9.59 Å². The van der Waals surface area contributed by atoms with Crippen LogP contribution in [0.5, 0.6) is 0 Å². The molecule has 0 aliphatic carbocycles. The molecule has 1 aromatic carbocycles. The predicted octanol–water partition coefficient (Wildman–Crippen LogP) is 3.24. The van der Waals surface area contributed by atoms with Gasteiger partial charge < -0.3 is 10.1 Å². The van der Waals surface area contributed by atoms with Crippen molar-refractivity contribution in [3.63, 3.8) is 0 Å². The Kier molecular flexibility index (Phi) is 5.01. The van der Waals surface area contributed by atoms with E-state index >= 15 is 0 Å². The number of carbonyl (C=O) groups excluding carboxylic acids is 2. The molecule has 1 aliphatic heterocycles. The quantitative estimate of drug-likeness (QED) is 0.908. The lowest BCUT2D eigenvalue weighted by molar-refractivity contribution is -0.120. The number of aryl methyl sites for hydroxylation is 1. The Balaban J connectivity index is 2.03. The number of anilines is 1. The lowest BCUT2D eigenvalue weighted by Crippen LogP contribution is -2.46. The SMILES string of the molecule is Cc1cccc(NC(=O)[C@@H]2CSCN2C(=O)OC(C)(C)C)c1.